The summed E-state index contributed by atoms with van der Waals surface area (Å²) in [7, 11) is 0. The van der Waals surface area contributed by atoms with E-state index in [1.807, 2.05) is 0 Å². The average Bonchev–Trinajstić information content (AvgIpc) is 2.72. The van der Waals surface area contributed by atoms with Crippen LogP contribution < -0.4 is 10.7 Å². The van der Waals surface area contributed by atoms with Crippen LogP contribution in [0.4, 0.5) is 5.69 Å². The van der Waals surface area contributed by atoms with Crippen molar-refractivity contribution in [1.29, 1.82) is 0 Å². The predicted molar refractivity (Wildman–Crippen MR) is 107 cm³/mol. The number of para-hydroxylation sites is 1. The second-order valence-corrected chi connectivity index (χ2v) is 6.69. The highest BCUT2D eigenvalue weighted by Gasteiger charge is 2.16. The normalized spacial score (nSPS) is 10.7. The van der Waals surface area contributed by atoms with Gasteiger partial charge < -0.3 is 14.5 Å². The number of hydrogen-bond acceptors (Lipinski definition) is 6. The standard InChI is InChI=1S/C22H19NO6/c1-13(2)21(26)23-15-9-7-14(8-10-15)18(25)12-28-22(27)20-11-17(24)16-5-3-4-6-19(16)29-20/h3-11,13H,12H2,1-2H3,(H,23,26). The lowest BCUT2D eigenvalue weighted by Gasteiger charge is -2.08. The van der Waals surface area contributed by atoms with Crippen LogP contribution >= 0.6 is 0 Å². The highest BCUT2D eigenvalue weighted by Crippen LogP contribution is 2.14. The molecule has 1 aromatic heterocycles. The number of rotatable bonds is 6. The van der Waals surface area contributed by atoms with Crippen molar-refractivity contribution in [3.05, 3.63) is 76.1 Å². The molecule has 0 bridgehead atoms. The number of Topliss-reactive ketones (excluding diaryl/α,β-unsaturated/α-hetero) is 1. The Morgan fingerprint density at radius 1 is 1.03 bits per heavy atom. The van der Waals surface area contributed by atoms with E-state index in [4.69, 9.17) is 9.15 Å². The molecular weight excluding hydrogens is 374 g/mol. The van der Waals surface area contributed by atoms with Crippen LogP contribution in [0.1, 0.15) is 34.8 Å². The molecule has 0 fully saturated rings. The lowest BCUT2D eigenvalue weighted by atomic mass is 10.1. The molecule has 7 heteroatoms. The monoisotopic (exact) mass is 393 g/mol. The lowest BCUT2D eigenvalue weighted by Crippen LogP contribution is -2.18. The Labute approximate surface area is 166 Å². The van der Waals surface area contributed by atoms with Crippen LogP contribution in [-0.4, -0.2) is 24.3 Å². The topological polar surface area (TPSA) is 103 Å². The molecule has 29 heavy (non-hydrogen) atoms. The zero-order chi connectivity index (χ0) is 21.0. The molecule has 1 N–H and O–H groups in total. The van der Waals surface area contributed by atoms with E-state index in [2.05, 4.69) is 5.32 Å². The minimum atomic E-state index is -0.901. The minimum Gasteiger partial charge on any atom is -0.451 e. The molecule has 0 aliphatic rings. The number of ketones is 1. The van der Waals surface area contributed by atoms with Gasteiger partial charge in [0, 0.05) is 23.2 Å². The number of esters is 1. The summed E-state index contributed by atoms with van der Waals surface area (Å²) < 4.78 is 10.4. The number of carbonyl (C=O) groups is 3. The molecule has 0 unspecified atom stereocenters. The first-order valence-electron chi connectivity index (χ1n) is 8.99. The summed E-state index contributed by atoms with van der Waals surface area (Å²) in [4.78, 5) is 48.1. The van der Waals surface area contributed by atoms with Crippen LogP contribution in [0.2, 0.25) is 0 Å². The first-order valence-corrected chi connectivity index (χ1v) is 8.99. The number of carbonyl (C=O) groups excluding carboxylic acids is 3. The van der Waals surface area contributed by atoms with Crippen LogP contribution in [0, 0.1) is 5.92 Å². The molecular formula is C22H19NO6. The van der Waals surface area contributed by atoms with E-state index in [9.17, 15) is 19.2 Å². The fourth-order valence-corrected chi connectivity index (χ4v) is 2.52. The molecule has 3 rings (SSSR count). The summed E-state index contributed by atoms with van der Waals surface area (Å²) in [5.41, 5.74) is 0.775. The van der Waals surface area contributed by atoms with E-state index in [0.717, 1.165) is 6.07 Å². The Morgan fingerprint density at radius 2 is 1.72 bits per heavy atom. The second-order valence-electron chi connectivity index (χ2n) is 6.69. The Balaban J connectivity index is 1.64. The molecule has 0 atom stereocenters. The third kappa shape index (κ3) is 4.76. The van der Waals surface area contributed by atoms with Crippen molar-refractivity contribution in [2.24, 2.45) is 5.92 Å². The number of amides is 1. The van der Waals surface area contributed by atoms with E-state index in [-0.39, 0.29) is 28.6 Å². The van der Waals surface area contributed by atoms with Crippen molar-refractivity contribution < 1.29 is 23.5 Å². The van der Waals surface area contributed by atoms with Gasteiger partial charge in [-0.25, -0.2) is 4.79 Å². The molecule has 7 nitrogen and oxygen atoms in total. The molecule has 148 valence electrons. The van der Waals surface area contributed by atoms with Gasteiger partial charge in [-0.3, -0.25) is 14.4 Å². The fourth-order valence-electron chi connectivity index (χ4n) is 2.52. The zero-order valence-corrected chi connectivity index (χ0v) is 15.9. The summed E-state index contributed by atoms with van der Waals surface area (Å²) >= 11 is 0. The van der Waals surface area contributed by atoms with Gasteiger partial charge in [0.15, 0.2) is 17.8 Å². The first-order chi connectivity index (χ1) is 13.8. The first kappa shape index (κ1) is 20.0. The highest BCUT2D eigenvalue weighted by atomic mass is 16.5. The maximum Gasteiger partial charge on any atom is 0.374 e. The summed E-state index contributed by atoms with van der Waals surface area (Å²) in [5.74, 6) is -1.89. The van der Waals surface area contributed by atoms with Crippen molar-refractivity contribution in [2.75, 3.05) is 11.9 Å². The van der Waals surface area contributed by atoms with Crippen LogP contribution in [0.15, 0.2) is 63.8 Å². The quantitative estimate of drug-likeness (QED) is 0.508. The van der Waals surface area contributed by atoms with Gasteiger partial charge in [-0.2, -0.15) is 0 Å². The number of ether oxygens (including phenoxy) is 1. The Morgan fingerprint density at radius 3 is 2.41 bits per heavy atom. The predicted octanol–water partition coefficient (Wildman–Crippen LogP) is 3.43. The highest BCUT2D eigenvalue weighted by molar-refractivity contribution is 6.00. The third-order valence-electron chi connectivity index (χ3n) is 4.17. The molecule has 0 radical (unpaired) electrons. The molecule has 0 spiro atoms. The number of benzene rings is 2. The zero-order valence-electron chi connectivity index (χ0n) is 15.9. The Bertz CT molecular complexity index is 1130. The SMILES string of the molecule is CC(C)C(=O)Nc1ccc(C(=O)COC(=O)c2cc(=O)c3ccccc3o2)cc1. The van der Waals surface area contributed by atoms with Gasteiger partial charge in [-0.15, -0.1) is 0 Å². The summed E-state index contributed by atoms with van der Waals surface area (Å²) in [5, 5.41) is 3.07. The van der Waals surface area contributed by atoms with Gasteiger partial charge in [-0.1, -0.05) is 26.0 Å². The van der Waals surface area contributed by atoms with Crippen molar-refractivity contribution in [2.45, 2.75) is 13.8 Å². The minimum absolute atomic E-state index is 0.130. The number of fused-ring (bicyclic) bond motifs is 1. The van der Waals surface area contributed by atoms with Crippen molar-refractivity contribution in [3.63, 3.8) is 0 Å². The number of hydrogen-bond donors (Lipinski definition) is 1. The van der Waals surface area contributed by atoms with Crippen LogP contribution in [0.3, 0.4) is 0 Å². The van der Waals surface area contributed by atoms with E-state index >= 15 is 0 Å². The average molecular weight is 393 g/mol. The maximum absolute atomic E-state index is 12.2. The molecule has 3 aromatic rings. The van der Waals surface area contributed by atoms with Gasteiger partial charge in [0.1, 0.15) is 5.58 Å². The molecule has 0 saturated carbocycles. The van der Waals surface area contributed by atoms with E-state index in [1.54, 1.807) is 50.2 Å². The van der Waals surface area contributed by atoms with Crippen LogP contribution in [0.5, 0.6) is 0 Å². The maximum atomic E-state index is 12.2. The summed E-state index contributed by atoms with van der Waals surface area (Å²) in [6.45, 7) is 3.05. The largest absolute Gasteiger partial charge is 0.451 e. The number of anilines is 1. The number of nitrogens with one attached hydrogen (secondary N) is 1. The molecule has 1 heterocycles. The van der Waals surface area contributed by atoms with Crippen LogP contribution in [0.25, 0.3) is 11.0 Å². The molecule has 2 aromatic carbocycles. The molecule has 0 saturated heterocycles. The van der Waals surface area contributed by atoms with Crippen molar-refractivity contribution >= 4 is 34.3 Å². The third-order valence-corrected chi connectivity index (χ3v) is 4.17. The molecule has 0 aliphatic carbocycles. The van der Waals surface area contributed by atoms with Gasteiger partial charge in [0.05, 0.1) is 5.39 Å². The van der Waals surface area contributed by atoms with Gasteiger partial charge in [0.25, 0.3) is 0 Å². The van der Waals surface area contributed by atoms with E-state index in [1.165, 1.54) is 12.1 Å². The van der Waals surface area contributed by atoms with Gasteiger partial charge >= 0.3 is 5.97 Å². The van der Waals surface area contributed by atoms with E-state index in [0.29, 0.717) is 16.6 Å². The molecule has 0 aliphatic heterocycles. The van der Waals surface area contributed by atoms with Crippen molar-refractivity contribution in [3.8, 4) is 0 Å². The van der Waals surface area contributed by atoms with E-state index < -0.39 is 18.4 Å². The molecule has 1 amide bonds. The van der Waals surface area contributed by atoms with Gasteiger partial charge in [0.2, 0.25) is 11.7 Å². The van der Waals surface area contributed by atoms with Crippen LogP contribution in [-0.2, 0) is 9.53 Å². The fraction of sp³-hybridized carbons (Fsp3) is 0.182. The van der Waals surface area contributed by atoms with Crippen molar-refractivity contribution in [1.82, 2.24) is 0 Å². The summed E-state index contributed by atoms with van der Waals surface area (Å²) in [6.07, 6.45) is 0. The second kappa shape index (κ2) is 8.52. The smallest absolute Gasteiger partial charge is 0.374 e. The Hall–Kier alpha value is -3.74. The van der Waals surface area contributed by atoms with Gasteiger partial charge in [-0.05, 0) is 36.4 Å². The summed E-state index contributed by atoms with van der Waals surface area (Å²) in [6, 6.07) is 13.8. The Kier molecular flexibility index (Phi) is 5.87. The lowest BCUT2D eigenvalue weighted by molar-refractivity contribution is -0.118.